The van der Waals surface area contributed by atoms with E-state index < -0.39 is 0 Å². The molecule has 0 saturated carbocycles. The van der Waals surface area contributed by atoms with Crippen molar-refractivity contribution in [3.8, 4) is 5.69 Å². The van der Waals surface area contributed by atoms with Crippen molar-refractivity contribution in [1.82, 2.24) is 9.88 Å². The topological polar surface area (TPSA) is 51.1 Å². The zero-order valence-electron chi connectivity index (χ0n) is 12.0. The molecule has 1 aliphatic heterocycles. The maximum atomic E-state index is 11.7. The number of thioether (sulfide) groups is 1. The minimum atomic E-state index is -0.333. The largest absolute Gasteiger partial charge is 0.317 e. The number of rotatable bonds is 2. The van der Waals surface area contributed by atoms with Crippen LogP contribution in [0.1, 0.15) is 17.0 Å². The van der Waals surface area contributed by atoms with Crippen molar-refractivity contribution in [2.45, 2.75) is 13.8 Å². The number of nitrogens with zero attached hydrogens (tertiary/aromatic N) is 1. The number of aromatic nitrogens is 1. The van der Waals surface area contributed by atoms with Crippen LogP contribution < -0.4 is 5.32 Å². The summed E-state index contributed by atoms with van der Waals surface area (Å²) in [7, 11) is 0. The second-order valence-corrected chi connectivity index (χ2v) is 6.83. The summed E-state index contributed by atoms with van der Waals surface area (Å²) in [5, 5.41) is 1.95. The molecule has 1 aromatic heterocycles. The van der Waals surface area contributed by atoms with E-state index in [2.05, 4.69) is 25.8 Å². The molecule has 22 heavy (non-hydrogen) atoms. The van der Waals surface area contributed by atoms with Gasteiger partial charge in [-0.1, -0.05) is 12.1 Å². The highest BCUT2D eigenvalue weighted by atomic mass is 79.9. The molecular formula is C16H13BrN2O2S. The highest BCUT2D eigenvalue weighted by Gasteiger charge is 2.25. The molecule has 0 aliphatic carbocycles. The summed E-state index contributed by atoms with van der Waals surface area (Å²) in [5.41, 5.74) is 4.05. The second-order valence-electron chi connectivity index (χ2n) is 4.97. The summed E-state index contributed by atoms with van der Waals surface area (Å²) in [6, 6.07) is 9.98. The Morgan fingerprint density at radius 1 is 1.23 bits per heavy atom. The number of benzene rings is 1. The lowest BCUT2D eigenvalue weighted by molar-refractivity contribution is -0.115. The van der Waals surface area contributed by atoms with E-state index in [1.165, 1.54) is 0 Å². The molecule has 0 bridgehead atoms. The van der Waals surface area contributed by atoms with Gasteiger partial charge in [-0.05, 0) is 71.4 Å². The Bertz CT molecular complexity index is 824. The highest BCUT2D eigenvalue weighted by Crippen LogP contribution is 2.30. The van der Waals surface area contributed by atoms with Gasteiger partial charge >= 0.3 is 0 Å². The molecule has 2 heterocycles. The molecule has 1 aromatic carbocycles. The summed E-state index contributed by atoms with van der Waals surface area (Å²) >= 11 is 4.50. The van der Waals surface area contributed by atoms with E-state index in [1.54, 1.807) is 6.08 Å². The van der Waals surface area contributed by atoms with Crippen molar-refractivity contribution < 1.29 is 9.59 Å². The standard InChI is InChI=1S/C16H13BrN2O2S/c1-9-7-11(8-14-15(20)18-16(21)22-14)10(2)19(9)13-6-4-3-5-12(13)17/h3-8H,1-2H3,(H,18,20,21)/b14-8-. The van der Waals surface area contributed by atoms with Crippen molar-refractivity contribution >= 4 is 44.9 Å². The molecule has 0 spiro atoms. The second kappa shape index (κ2) is 5.78. The lowest BCUT2D eigenvalue weighted by atomic mass is 10.2. The van der Waals surface area contributed by atoms with Crippen molar-refractivity contribution in [3.63, 3.8) is 0 Å². The molecule has 3 rings (SSSR count). The molecule has 1 N–H and O–H groups in total. The van der Waals surface area contributed by atoms with Gasteiger partial charge in [-0.15, -0.1) is 0 Å². The molecule has 112 valence electrons. The summed E-state index contributed by atoms with van der Waals surface area (Å²) < 4.78 is 3.12. The smallest absolute Gasteiger partial charge is 0.290 e. The van der Waals surface area contributed by atoms with Gasteiger partial charge in [0.25, 0.3) is 11.1 Å². The van der Waals surface area contributed by atoms with E-state index >= 15 is 0 Å². The zero-order chi connectivity index (χ0) is 15.9. The number of nitrogens with one attached hydrogen (secondary N) is 1. The molecule has 0 radical (unpaired) electrons. The number of carbonyl (C=O) groups is 2. The fraction of sp³-hybridized carbons (Fsp3) is 0.125. The first-order valence-electron chi connectivity index (χ1n) is 6.66. The van der Waals surface area contributed by atoms with Gasteiger partial charge in [0, 0.05) is 15.9 Å². The molecule has 2 aromatic rings. The van der Waals surface area contributed by atoms with Crippen LogP contribution in [0.15, 0.2) is 39.7 Å². The monoisotopic (exact) mass is 376 g/mol. The highest BCUT2D eigenvalue weighted by molar-refractivity contribution is 9.10. The molecule has 0 atom stereocenters. The summed E-state index contributed by atoms with van der Waals surface area (Å²) in [4.78, 5) is 23.4. The van der Waals surface area contributed by atoms with E-state index in [-0.39, 0.29) is 11.1 Å². The van der Waals surface area contributed by atoms with E-state index in [9.17, 15) is 9.59 Å². The van der Waals surface area contributed by atoms with Crippen LogP contribution in [-0.4, -0.2) is 15.7 Å². The molecule has 1 saturated heterocycles. The Labute approximate surface area is 140 Å². The molecular weight excluding hydrogens is 364 g/mol. The van der Waals surface area contributed by atoms with Gasteiger partial charge in [0.1, 0.15) is 0 Å². The molecule has 1 aliphatic rings. The number of carbonyl (C=O) groups excluding carboxylic acids is 2. The van der Waals surface area contributed by atoms with Crippen LogP contribution in [0.3, 0.4) is 0 Å². The van der Waals surface area contributed by atoms with Gasteiger partial charge in [-0.2, -0.15) is 0 Å². The van der Waals surface area contributed by atoms with E-state index in [0.717, 1.165) is 38.9 Å². The van der Waals surface area contributed by atoms with Crippen molar-refractivity contribution in [2.24, 2.45) is 0 Å². The van der Waals surface area contributed by atoms with E-state index in [1.807, 2.05) is 44.2 Å². The molecule has 1 fully saturated rings. The molecule has 2 amide bonds. The normalized spacial score (nSPS) is 16.4. The van der Waals surface area contributed by atoms with Gasteiger partial charge in [-0.3, -0.25) is 14.9 Å². The Morgan fingerprint density at radius 3 is 2.59 bits per heavy atom. The van der Waals surface area contributed by atoms with Crippen LogP contribution in [0.4, 0.5) is 4.79 Å². The van der Waals surface area contributed by atoms with Crippen LogP contribution in [0.5, 0.6) is 0 Å². The van der Waals surface area contributed by atoms with E-state index in [4.69, 9.17) is 0 Å². The quantitative estimate of drug-likeness (QED) is 0.799. The third kappa shape index (κ3) is 2.64. The minimum Gasteiger partial charge on any atom is -0.317 e. The summed E-state index contributed by atoms with van der Waals surface area (Å²) in [6.07, 6.45) is 1.76. The molecule has 6 heteroatoms. The number of hydrogen-bond acceptors (Lipinski definition) is 3. The van der Waals surface area contributed by atoms with Crippen LogP contribution in [0.25, 0.3) is 11.8 Å². The Balaban J connectivity index is 2.09. The number of halogens is 1. The first kappa shape index (κ1) is 15.1. The molecule has 0 unspecified atom stereocenters. The summed E-state index contributed by atoms with van der Waals surface area (Å²) in [6.45, 7) is 4.01. The predicted octanol–water partition coefficient (Wildman–Crippen LogP) is 4.18. The lowest BCUT2D eigenvalue weighted by Gasteiger charge is -2.11. The van der Waals surface area contributed by atoms with Gasteiger partial charge < -0.3 is 4.57 Å². The zero-order valence-corrected chi connectivity index (χ0v) is 14.4. The van der Waals surface area contributed by atoms with Gasteiger partial charge in [0.15, 0.2) is 0 Å². The fourth-order valence-corrected chi connectivity index (χ4v) is 3.63. The first-order valence-corrected chi connectivity index (χ1v) is 8.27. The average Bonchev–Trinajstić information content (AvgIpc) is 2.91. The van der Waals surface area contributed by atoms with Crippen LogP contribution >= 0.6 is 27.7 Å². The number of imide groups is 1. The predicted molar refractivity (Wildman–Crippen MR) is 92.0 cm³/mol. The third-order valence-electron chi connectivity index (χ3n) is 3.49. The average molecular weight is 377 g/mol. The minimum absolute atomic E-state index is 0.323. The van der Waals surface area contributed by atoms with Crippen LogP contribution in [-0.2, 0) is 4.79 Å². The maximum Gasteiger partial charge on any atom is 0.290 e. The van der Waals surface area contributed by atoms with Crippen molar-refractivity contribution in [3.05, 3.63) is 56.7 Å². The maximum absolute atomic E-state index is 11.7. The van der Waals surface area contributed by atoms with Crippen LogP contribution in [0.2, 0.25) is 0 Å². The van der Waals surface area contributed by atoms with Crippen LogP contribution in [0, 0.1) is 13.8 Å². The molecule has 4 nitrogen and oxygen atoms in total. The first-order chi connectivity index (χ1) is 10.5. The van der Waals surface area contributed by atoms with Gasteiger partial charge in [0.2, 0.25) is 0 Å². The number of aryl methyl sites for hydroxylation is 1. The Hall–Kier alpha value is -1.79. The Kier molecular flexibility index (Phi) is 3.97. The number of para-hydroxylation sites is 1. The van der Waals surface area contributed by atoms with Crippen molar-refractivity contribution in [2.75, 3.05) is 0 Å². The number of hydrogen-bond donors (Lipinski definition) is 1. The Morgan fingerprint density at radius 2 is 1.95 bits per heavy atom. The lowest BCUT2D eigenvalue weighted by Crippen LogP contribution is -2.17. The van der Waals surface area contributed by atoms with Gasteiger partial charge in [0.05, 0.1) is 10.6 Å². The summed E-state index contributed by atoms with van der Waals surface area (Å²) in [5.74, 6) is -0.333. The number of amides is 2. The van der Waals surface area contributed by atoms with E-state index in [0.29, 0.717) is 4.91 Å². The third-order valence-corrected chi connectivity index (χ3v) is 4.97. The van der Waals surface area contributed by atoms with Crippen molar-refractivity contribution in [1.29, 1.82) is 0 Å². The SMILES string of the molecule is Cc1cc(/C=C2\SC(=O)NC2=O)c(C)n1-c1ccccc1Br. The fourth-order valence-electron chi connectivity index (χ4n) is 2.50. The van der Waals surface area contributed by atoms with Gasteiger partial charge in [-0.25, -0.2) is 0 Å².